The van der Waals surface area contributed by atoms with Crippen LogP contribution in [0, 0.1) is 0 Å². The molecule has 5 aromatic rings. The van der Waals surface area contributed by atoms with Crippen molar-refractivity contribution >= 4 is 23.6 Å². The summed E-state index contributed by atoms with van der Waals surface area (Å²) in [5.41, 5.74) is 6.75. The Bertz CT molecular complexity index is 1890. The van der Waals surface area contributed by atoms with E-state index in [1.807, 2.05) is 84.9 Å². The molecule has 0 radical (unpaired) electrons. The van der Waals surface area contributed by atoms with Gasteiger partial charge in [0, 0.05) is 44.2 Å². The number of aliphatic hydroxyl groups excluding tert-OH is 1. The Morgan fingerprint density at radius 2 is 1.62 bits per heavy atom. The monoisotopic (exact) mass is 720 g/mol. The standard InChI is InChI=1S/C40H44N6O5S/c1-28(48)41-23-9-3-6-14-38(49)42-25-33-10-7-8-13-36(33)30-19-21-32(22-20-30)39-50-35(24-37(51-39)31-17-15-29(26-47)16-18-31)27-52-40-43-44-45-46(40)34-11-4-2-5-12-34/h2,4-5,7-8,10-13,15-22,35,37,39,47H,3,6,9,14,23-27H2,1H3,(H,41,48)(H,42,49)/t35-,37+,39+/m1/s1. The number of benzene rings is 4. The first kappa shape index (κ1) is 36.9. The van der Waals surface area contributed by atoms with Gasteiger partial charge in [-0.25, -0.2) is 0 Å². The minimum absolute atomic E-state index is 0.0149. The topological polar surface area (TPSA) is 140 Å². The normalized spacial score (nSPS) is 17.1. The number of para-hydroxylation sites is 1. The Balaban J connectivity index is 1.12. The maximum Gasteiger partial charge on any atom is 0.220 e. The van der Waals surface area contributed by atoms with E-state index in [0.717, 1.165) is 58.3 Å². The van der Waals surface area contributed by atoms with Crippen LogP contribution in [0.4, 0.5) is 0 Å². The van der Waals surface area contributed by atoms with Gasteiger partial charge >= 0.3 is 0 Å². The highest BCUT2D eigenvalue weighted by Gasteiger charge is 2.32. The zero-order chi connectivity index (χ0) is 36.1. The molecule has 0 aliphatic carbocycles. The number of aromatic nitrogens is 4. The molecule has 3 N–H and O–H groups in total. The van der Waals surface area contributed by atoms with Crippen molar-refractivity contribution in [3.63, 3.8) is 0 Å². The van der Waals surface area contributed by atoms with Crippen LogP contribution in [0.3, 0.4) is 0 Å². The van der Waals surface area contributed by atoms with Gasteiger partial charge in [-0.15, -0.1) is 5.10 Å². The van der Waals surface area contributed by atoms with Crippen LogP contribution in [0.1, 0.15) is 73.7 Å². The van der Waals surface area contributed by atoms with Gasteiger partial charge < -0.3 is 25.2 Å². The van der Waals surface area contributed by atoms with Crippen LogP contribution in [0.5, 0.6) is 0 Å². The van der Waals surface area contributed by atoms with E-state index in [-0.39, 0.29) is 30.6 Å². The molecule has 52 heavy (non-hydrogen) atoms. The summed E-state index contributed by atoms with van der Waals surface area (Å²) in [6.45, 7) is 2.56. The fourth-order valence-electron chi connectivity index (χ4n) is 6.10. The highest BCUT2D eigenvalue weighted by atomic mass is 32.2. The number of ether oxygens (including phenoxy) is 2. The van der Waals surface area contributed by atoms with Gasteiger partial charge in [0.1, 0.15) is 0 Å². The van der Waals surface area contributed by atoms with Crippen LogP contribution in [-0.2, 0) is 32.2 Å². The molecule has 0 unspecified atom stereocenters. The first-order chi connectivity index (χ1) is 25.5. The molecule has 4 aromatic carbocycles. The summed E-state index contributed by atoms with van der Waals surface area (Å²) in [7, 11) is 0. The number of carbonyl (C=O) groups excluding carboxylic acids is 2. The lowest BCUT2D eigenvalue weighted by molar-refractivity contribution is -0.245. The summed E-state index contributed by atoms with van der Waals surface area (Å²) in [6.07, 6.45) is 2.64. The predicted octanol–water partition coefficient (Wildman–Crippen LogP) is 6.47. The van der Waals surface area contributed by atoms with Crippen LogP contribution in [0.15, 0.2) is 108 Å². The maximum atomic E-state index is 12.6. The average Bonchev–Trinajstić information content (AvgIpc) is 3.67. The molecule has 2 heterocycles. The molecular formula is C40H44N6O5S. The smallest absolute Gasteiger partial charge is 0.220 e. The molecule has 0 spiro atoms. The zero-order valence-corrected chi connectivity index (χ0v) is 30.0. The molecule has 0 saturated carbocycles. The Kier molecular flexibility index (Phi) is 13.2. The van der Waals surface area contributed by atoms with E-state index in [2.05, 4.69) is 44.4 Å². The molecule has 1 aromatic heterocycles. The van der Waals surface area contributed by atoms with Crippen molar-refractivity contribution in [1.29, 1.82) is 0 Å². The van der Waals surface area contributed by atoms with E-state index in [9.17, 15) is 14.7 Å². The lowest BCUT2D eigenvalue weighted by atomic mass is 9.97. The van der Waals surface area contributed by atoms with Crippen LogP contribution in [0.2, 0.25) is 0 Å². The third kappa shape index (κ3) is 10.1. The molecule has 1 fully saturated rings. The molecule has 270 valence electrons. The van der Waals surface area contributed by atoms with Gasteiger partial charge in [0.2, 0.25) is 17.0 Å². The lowest BCUT2D eigenvalue weighted by Gasteiger charge is -2.36. The molecule has 1 saturated heterocycles. The second-order valence-electron chi connectivity index (χ2n) is 12.7. The third-order valence-corrected chi connectivity index (χ3v) is 9.95. The van der Waals surface area contributed by atoms with E-state index in [1.54, 1.807) is 16.4 Å². The van der Waals surface area contributed by atoms with E-state index in [1.165, 1.54) is 6.92 Å². The molecule has 3 atom stereocenters. The fraction of sp³-hybridized carbons (Fsp3) is 0.325. The van der Waals surface area contributed by atoms with Crippen molar-refractivity contribution in [3.05, 3.63) is 125 Å². The number of aliphatic hydroxyl groups is 1. The molecule has 1 aliphatic rings. The molecule has 2 amide bonds. The van der Waals surface area contributed by atoms with Crippen LogP contribution in [0.25, 0.3) is 16.8 Å². The number of nitrogens with zero attached hydrogens (tertiary/aromatic N) is 4. The summed E-state index contributed by atoms with van der Waals surface area (Å²) in [5.74, 6) is 0.601. The number of hydrogen-bond donors (Lipinski definition) is 3. The van der Waals surface area contributed by atoms with Gasteiger partial charge in [-0.05, 0) is 63.2 Å². The number of hydrogen-bond acceptors (Lipinski definition) is 9. The minimum Gasteiger partial charge on any atom is -0.392 e. The van der Waals surface area contributed by atoms with Crippen LogP contribution in [-0.4, -0.2) is 55.5 Å². The number of rotatable bonds is 16. The molecule has 11 nitrogen and oxygen atoms in total. The second kappa shape index (κ2) is 18.6. The van der Waals surface area contributed by atoms with Crippen molar-refractivity contribution in [1.82, 2.24) is 30.8 Å². The Labute approximate surface area is 308 Å². The van der Waals surface area contributed by atoms with Gasteiger partial charge in [-0.1, -0.05) is 109 Å². The predicted molar refractivity (Wildman–Crippen MR) is 199 cm³/mol. The maximum absolute atomic E-state index is 12.6. The number of amides is 2. The first-order valence-corrected chi connectivity index (χ1v) is 18.6. The highest BCUT2D eigenvalue weighted by molar-refractivity contribution is 7.99. The van der Waals surface area contributed by atoms with Gasteiger partial charge in [-0.3, -0.25) is 9.59 Å². The van der Waals surface area contributed by atoms with Crippen molar-refractivity contribution in [2.24, 2.45) is 0 Å². The Hall–Kier alpha value is -4.88. The average molecular weight is 721 g/mol. The molecule has 0 bridgehead atoms. The Morgan fingerprint density at radius 3 is 2.38 bits per heavy atom. The largest absolute Gasteiger partial charge is 0.392 e. The van der Waals surface area contributed by atoms with Gasteiger partial charge in [-0.2, -0.15) is 4.68 Å². The van der Waals surface area contributed by atoms with Gasteiger partial charge in [0.25, 0.3) is 0 Å². The minimum atomic E-state index is -0.603. The summed E-state index contributed by atoms with van der Waals surface area (Å²) < 4.78 is 14.9. The molecule has 12 heteroatoms. The lowest BCUT2D eigenvalue weighted by Crippen LogP contribution is -2.31. The summed E-state index contributed by atoms with van der Waals surface area (Å²) in [6, 6.07) is 33.9. The summed E-state index contributed by atoms with van der Waals surface area (Å²) in [5, 5.41) is 28.5. The third-order valence-electron chi connectivity index (χ3n) is 8.90. The number of tetrazole rings is 1. The zero-order valence-electron chi connectivity index (χ0n) is 29.2. The highest BCUT2D eigenvalue weighted by Crippen LogP contribution is 2.40. The second-order valence-corrected chi connectivity index (χ2v) is 13.7. The van der Waals surface area contributed by atoms with E-state index < -0.39 is 6.29 Å². The number of carbonyl (C=O) groups is 2. The quantitative estimate of drug-likeness (QED) is 0.0773. The van der Waals surface area contributed by atoms with Crippen molar-refractivity contribution < 1.29 is 24.2 Å². The van der Waals surface area contributed by atoms with Gasteiger partial charge in [0.15, 0.2) is 6.29 Å². The number of thioether (sulfide) groups is 1. The van der Waals surface area contributed by atoms with E-state index >= 15 is 0 Å². The van der Waals surface area contributed by atoms with Crippen molar-refractivity contribution in [3.8, 4) is 16.8 Å². The SMILES string of the molecule is CC(=O)NCCCCCC(=O)NCc1ccccc1-c1ccc([C@H]2O[C@@H](CSc3nnnn3-c3ccccc3)C[C@@H](c3ccc(CO)cc3)O2)cc1. The van der Waals surface area contributed by atoms with E-state index in [0.29, 0.717) is 36.8 Å². The fourth-order valence-corrected chi connectivity index (χ4v) is 7.01. The Morgan fingerprint density at radius 1 is 0.865 bits per heavy atom. The summed E-state index contributed by atoms with van der Waals surface area (Å²) >= 11 is 1.54. The van der Waals surface area contributed by atoms with Crippen molar-refractivity contribution in [2.75, 3.05) is 12.3 Å². The van der Waals surface area contributed by atoms with Gasteiger partial charge in [0.05, 0.1) is 24.5 Å². The number of nitrogens with one attached hydrogen (secondary N) is 2. The summed E-state index contributed by atoms with van der Waals surface area (Å²) in [4.78, 5) is 23.6. The molecule has 1 aliphatic heterocycles. The van der Waals surface area contributed by atoms with Crippen LogP contribution < -0.4 is 10.6 Å². The van der Waals surface area contributed by atoms with Crippen LogP contribution >= 0.6 is 11.8 Å². The first-order valence-electron chi connectivity index (χ1n) is 17.6. The molecule has 6 rings (SSSR count). The van der Waals surface area contributed by atoms with Crippen molar-refractivity contribution in [2.45, 2.75) is 75.8 Å². The molecular weight excluding hydrogens is 677 g/mol. The van der Waals surface area contributed by atoms with E-state index in [4.69, 9.17) is 9.47 Å². The number of unbranched alkanes of at least 4 members (excludes halogenated alkanes) is 2.